The molecule has 2 aromatic carbocycles. The Morgan fingerprint density at radius 1 is 0.885 bits per heavy atom. The quantitative estimate of drug-likeness (QED) is 0.478. The zero-order valence-electron chi connectivity index (χ0n) is 17.2. The van der Waals surface area contributed by atoms with Crippen LogP contribution in [0.4, 0.5) is 0 Å². The van der Waals surface area contributed by atoms with E-state index in [1.54, 1.807) is 7.11 Å². The summed E-state index contributed by atoms with van der Waals surface area (Å²) in [5, 5.41) is 0. The maximum Gasteiger partial charge on any atom is 0.118 e. The van der Waals surface area contributed by atoms with E-state index in [0.29, 0.717) is 6.04 Å². The number of ether oxygens (including phenoxy) is 1. The molecule has 26 heavy (non-hydrogen) atoms. The third kappa shape index (κ3) is 5.88. The highest BCUT2D eigenvalue weighted by molar-refractivity contribution is 5.35. The minimum absolute atomic E-state index is 0.482. The third-order valence-corrected chi connectivity index (χ3v) is 5.51. The summed E-state index contributed by atoms with van der Waals surface area (Å²) in [7, 11) is 3.97. The number of hydrogen-bond donors (Lipinski definition) is 0. The summed E-state index contributed by atoms with van der Waals surface area (Å²) in [5.74, 6) is 0.940. The molecule has 0 bridgehead atoms. The molecule has 2 nitrogen and oxygen atoms in total. The predicted octanol–water partition coefficient (Wildman–Crippen LogP) is 6.11. The van der Waals surface area contributed by atoms with E-state index >= 15 is 0 Å². The second kappa shape index (κ2) is 10.4. The summed E-state index contributed by atoms with van der Waals surface area (Å²) >= 11 is 0. The maximum atomic E-state index is 5.21. The Labute approximate surface area is 160 Å². The van der Waals surface area contributed by atoms with Crippen molar-refractivity contribution in [2.45, 2.75) is 58.9 Å². The molecule has 142 valence electrons. The standard InChI is InChI=1S/C24H35NO/c1-19-11-10-12-20(2)24(19)21(3)25(4)18-9-7-6-8-13-22-14-16-23(26-5)17-15-22/h10-12,14-17,21H,6-9,13,18H2,1-5H3. The normalized spacial score (nSPS) is 12.4. The number of nitrogens with zero attached hydrogens (tertiary/aromatic N) is 1. The van der Waals surface area contributed by atoms with Gasteiger partial charge >= 0.3 is 0 Å². The number of methoxy groups -OCH3 is 1. The molecule has 2 heteroatoms. The lowest BCUT2D eigenvalue weighted by Crippen LogP contribution is -2.24. The van der Waals surface area contributed by atoms with E-state index in [1.165, 1.54) is 54.4 Å². The van der Waals surface area contributed by atoms with E-state index in [1.807, 2.05) is 0 Å². The summed E-state index contributed by atoms with van der Waals surface area (Å²) in [5.41, 5.74) is 5.72. The van der Waals surface area contributed by atoms with Gasteiger partial charge in [0.05, 0.1) is 7.11 Å². The molecule has 0 spiro atoms. The highest BCUT2D eigenvalue weighted by Crippen LogP contribution is 2.26. The molecular formula is C24H35NO. The first-order chi connectivity index (χ1) is 12.5. The molecule has 0 N–H and O–H groups in total. The highest BCUT2D eigenvalue weighted by atomic mass is 16.5. The molecule has 0 saturated carbocycles. The minimum Gasteiger partial charge on any atom is -0.497 e. The van der Waals surface area contributed by atoms with E-state index in [-0.39, 0.29) is 0 Å². The van der Waals surface area contributed by atoms with Crippen LogP contribution in [-0.2, 0) is 6.42 Å². The van der Waals surface area contributed by atoms with Crippen molar-refractivity contribution in [2.24, 2.45) is 0 Å². The molecular weight excluding hydrogens is 318 g/mol. The Kier molecular flexibility index (Phi) is 8.18. The summed E-state index contributed by atoms with van der Waals surface area (Å²) in [6.45, 7) is 7.95. The molecule has 2 aromatic rings. The maximum absolute atomic E-state index is 5.21. The lowest BCUT2D eigenvalue weighted by Gasteiger charge is -2.27. The molecule has 1 unspecified atom stereocenters. The van der Waals surface area contributed by atoms with Gasteiger partial charge in [0.25, 0.3) is 0 Å². The lowest BCUT2D eigenvalue weighted by atomic mass is 9.96. The molecule has 0 heterocycles. The van der Waals surface area contributed by atoms with Crippen molar-refractivity contribution in [2.75, 3.05) is 20.7 Å². The van der Waals surface area contributed by atoms with E-state index in [0.717, 1.165) is 12.3 Å². The van der Waals surface area contributed by atoms with E-state index < -0.39 is 0 Å². The van der Waals surface area contributed by atoms with Crippen molar-refractivity contribution in [1.29, 1.82) is 0 Å². The van der Waals surface area contributed by atoms with Crippen molar-refractivity contribution >= 4 is 0 Å². The van der Waals surface area contributed by atoms with Gasteiger partial charge < -0.3 is 4.74 Å². The molecule has 0 aliphatic carbocycles. The van der Waals surface area contributed by atoms with E-state index in [2.05, 4.69) is 75.2 Å². The second-order valence-corrected chi connectivity index (χ2v) is 7.47. The van der Waals surface area contributed by atoms with Crippen molar-refractivity contribution in [3.63, 3.8) is 0 Å². The Bertz CT molecular complexity index is 642. The average molecular weight is 354 g/mol. The SMILES string of the molecule is COc1ccc(CCCCCCN(C)C(C)c2c(C)cccc2C)cc1. The first kappa shape index (κ1) is 20.5. The Balaban J connectivity index is 1.67. The lowest BCUT2D eigenvalue weighted by molar-refractivity contribution is 0.254. The van der Waals surface area contributed by atoms with Crippen LogP contribution in [0.25, 0.3) is 0 Å². The second-order valence-electron chi connectivity index (χ2n) is 7.47. The fourth-order valence-corrected chi connectivity index (χ4v) is 3.74. The summed E-state index contributed by atoms with van der Waals surface area (Å²) in [4.78, 5) is 2.50. The predicted molar refractivity (Wildman–Crippen MR) is 112 cm³/mol. The van der Waals surface area contributed by atoms with E-state index in [9.17, 15) is 0 Å². The molecule has 0 amide bonds. The van der Waals surface area contributed by atoms with Gasteiger partial charge in [-0.1, -0.05) is 43.2 Å². The number of rotatable bonds is 10. The average Bonchev–Trinajstić information content (AvgIpc) is 2.64. The van der Waals surface area contributed by atoms with Crippen LogP contribution in [0.2, 0.25) is 0 Å². The zero-order chi connectivity index (χ0) is 18.9. The highest BCUT2D eigenvalue weighted by Gasteiger charge is 2.15. The molecule has 0 aliphatic rings. The van der Waals surface area contributed by atoms with Gasteiger partial charge in [0.1, 0.15) is 5.75 Å². The van der Waals surface area contributed by atoms with Gasteiger partial charge in [-0.25, -0.2) is 0 Å². The summed E-state index contributed by atoms with van der Waals surface area (Å²) in [6.07, 6.45) is 6.31. The minimum atomic E-state index is 0.482. The molecule has 0 fully saturated rings. The summed E-state index contributed by atoms with van der Waals surface area (Å²) in [6, 6.07) is 15.6. The van der Waals surface area contributed by atoms with Crippen LogP contribution >= 0.6 is 0 Å². The fraction of sp³-hybridized carbons (Fsp3) is 0.500. The van der Waals surface area contributed by atoms with Gasteiger partial charge in [-0.15, -0.1) is 0 Å². The van der Waals surface area contributed by atoms with Crippen molar-refractivity contribution in [3.05, 3.63) is 64.7 Å². The Morgan fingerprint density at radius 2 is 1.50 bits per heavy atom. The molecule has 0 aromatic heterocycles. The molecule has 1 atom stereocenters. The number of hydrogen-bond acceptors (Lipinski definition) is 2. The monoisotopic (exact) mass is 353 g/mol. The van der Waals surface area contributed by atoms with Gasteiger partial charge in [0, 0.05) is 6.04 Å². The number of unbranched alkanes of at least 4 members (excludes halogenated alkanes) is 3. The third-order valence-electron chi connectivity index (χ3n) is 5.51. The van der Waals surface area contributed by atoms with Crippen LogP contribution in [0.5, 0.6) is 5.75 Å². The van der Waals surface area contributed by atoms with Crippen molar-refractivity contribution in [1.82, 2.24) is 4.90 Å². The van der Waals surface area contributed by atoms with Crippen LogP contribution in [0.3, 0.4) is 0 Å². The molecule has 0 aliphatic heterocycles. The largest absolute Gasteiger partial charge is 0.497 e. The fourth-order valence-electron chi connectivity index (χ4n) is 3.74. The smallest absolute Gasteiger partial charge is 0.118 e. The van der Waals surface area contributed by atoms with Crippen LogP contribution in [-0.4, -0.2) is 25.6 Å². The van der Waals surface area contributed by atoms with Crippen LogP contribution < -0.4 is 4.74 Å². The van der Waals surface area contributed by atoms with E-state index in [4.69, 9.17) is 4.74 Å². The molecule has 2 rings (SSSR count). The number of benzene rings is 2. The first-order valence-corrected chi connectivity index (χ1v) is 9.92. The molecule has 0 radical (unpaired) electrons. The van der Waals surface area contributed by atoms with Gasteiger partial charge in [0.2, 0.25) is 0 Å². The van der Waals surface area contributed by atoms with Crippen LogP contribution in [0.15, 0.2) is 42.5 Å². The topological polar surface area (TPSA) is 12.5 Å². The van der Waals surface area contributed by atoms with Gasteiger partial charge in [-0.05, 0) is 88.0 Å². The van der Waals surface area contributed by atoms with Crippen LogP contribution in [0, 0.1) is 13.8 Å². The molecule has 0 saturated heterocycles. The zero-order valence-corrected chi connectivity index (χ0v) is 17.2. The van der Waals surface area contributed by atoms with Gasteiger partial charge in [-0.2, -0.15) is 0 Å². The Hall–Kier alpha value is -1.80. The Morgan fingerprint density at radius 3 is 2.12 bits per heavy atom. The van der Waals surface area contributed by atoms with Gasteiger partial charge in [-0.3, -0.25) is 4.90 Å². The van der Waals surface area contributed by atoms with Gasteiger partial charge in [0.15, 0.2) is 0 Å². The number of aryl methyl sites for hydroxylation is 3. The first-order valence-electron chi connectivity index (χ1n) is 9.92. The van der Waals surface area contributed by atoms with Crippen LogP contribution in [0.1, 0.15) is 60.9 Å². The summed E-state index contributed by atoms with van der Waals surface area (Å²) < 4.78 is 5.21. The van der Waals surface area contributed by atoms with Crippen molar-refractivity contribution in [3.8, 4) is 5.75 Å². The van der Waals surface area contributed by atoms with Crippen molar-refractivity contribution < 1.29 is 4.74 Å².